The number of likely N-dealkylation sites (tertiary alicyclic amines) is 2. The third kappa shape index (κ3) is 5.60. The first kappa shape index (κ1) is 26.0. The summed E-state index contributed by atoms with van der Waals surface area (Å²) < 4.78 is 12.0. The second kappa shape index (κ2) is 11.5. The number of hydrogen-bond donors (Lipinski definition) is 1. The molecule has 2 aliphatic heterocycles. The Hall–Kier alpha value is -3.20. The number of ketones is 1. The van der Waals surface area contributed by atoms with Gasteiger partial charge in [-0.2, -0.15) is 16.4 Å². The number of hydrogen-bond acceptors (Lipinski definition) is 7. The lowest BCUT2D eigenvalue weighted by Gasteiger charge is -2.29. The van der Waals surface area contributed by atoms with Gasteiger partial charge in [-0.25, -0.2) is 0 Å². The van der Waals surface area contributed by atoms with Gasteiger partial charge in [-0.05, 0) is 104 Å². The molecule has 4 heterocycles. The molecule has 2 fully saturated rings. The minimum absolute atomic E-state index is 0.167. The molecule has 0 spiro atoms. The maximum Gasteiger partial charge on any atom is 0.161 e. The van der Waals surface area contributed by atoms with Crippen molar-refractivity contribution in [2.75, 3.05) is 40.3 Å². The maximum atomic E-state index is 13.6. The quantitative estimate of drug-likeness (QED) is 0.291. The summed E-state index contributed by atoms with van der Waals surface area (Å²) in [6, 6.07) is 14.1. The number of methoxy groups -OCH3 is 1. The van der Waals surface area contributed by atoms with E-state index in [4.69, 9.17) is 9.47 Å². The standard InChI is InChI=1S/C31H36N4O3S/c1-34-14-9-24(10-15-34)38-28-8-6-22(19-29(28)37-2)30-25-17-21(5-7-26(25)32-33-30)18-27(36)31(23-11-16-39-20-23)35-12-3-4-13-35/h5-8,11,16-17,19-20,24,31H,3-4,9-10,12-15,18H2,1-2H3,(H,32,33). The number of piperidine rings is 1. The van der Waals surface area contributed by atoms with E-state index in [9.17, 15) is 4.79 Å². The first-order chi connectivity index (χ1) is 19.1. The topological polar surface area (TPSA) is 70.7 Å². The Morgan fingerprint density at radius 1 is 1.08 bits per heavy atom. The molecule has 1 unspecified atom stereocenters. The van der Waals surface area contributed by atoms with Crippen LogP contribution in [0.15, 0.2) is 53.2 Å². The number of aromatic nitrogens is 2. The van der Waals surface area contributed by atoms with E-state index in [2.05, 4.69) is 49.9 Å². The van der Waals surface area contributed by atoms with E-state index in [1.807, 2.05) is 30.3 Å². The predicted octanol–water partition coefficient (Wildman–Crippen LogP) is 5.72. The third-order valence-electron chi connectivity index (χ3n) is 8.07. The lowest BCUT2D eigenvalue weighted by atomic mass is 9.97. The molecular formula is C31H36N4O3S. The molecule has 2 aromatic carbocycles. The molecule has 0 aliphatic carbocycles. The van der Waals surface area contributed by atoms with E-state index in [1.54, 1.807) is 18.4 Å². The Bertz CT molecular complexity index is 1420. The fourth-order valence-corrected chi connectivity index (χ4v) is 6.59. The highest BCUT2D eigenvalue weighted by Crippen LogP contribution is 2.36. The first-order valence-corrected chi connectivity index (χ1v) is 14.8. The molecule has 0 amide bonds. The van der Waals surface area contributed by atoms with Gasteiger partial charge >= 0.3 is 0 Å². The van der Waals surface area contributed by atoms with Crippen LogP contribution in [0.4, 0.5) is 0 Å². The van der Waals surface area contributed by atoms with Crippen molar-refractivity contribution in [3.63, 3.8) is 0 Å². The zero-order chi connectivity index (χ0) is 26.8. The molecule has 6 rings (SSSR count). The van der Waals surface area contributed by atoms with Gasteiger partial charge in [0.2, 0.25) is 0 Å². The number of carbonyl (C=O) groups excluding carboxylic acids is 1. The minimum Gasteiger partial charge on any atom is -0.493 e. The summed E-state index contributed by atoms with van der Waals surface area (Å²) >= 11 is 1.65. The van der Waals surface area contributed by atoms with E-state index in [-0.39, 0.29) is 17.9 Å². The second-order valence-electron chi connectivity index (χ2n) is 10.8. The van der Waals surface area contributed by atoms with Crippen LogP contribution in [-0.2, 0) is 11.2 Å². The summed E-state index contributed by atoms with van der Waals surface area (Å²) in [6.45, 7) is 4.05. The van der Waals surface area contributed by atoms with Gasteiger partial charge in [-0.1, -0.05) is 6.07 Å². The molecule has 0 bridgehead atoms. The summed E-state index contributed by atoms with van der Waals surface area (Å²) in [6.07, 6.45) is 4.93. The fraction of sp³-hybridized carbons (Fsp3) is 0.419. The largest absolute Gasteiger partial charge is 0.493 e. The highest BCUT2D eigenvalue weighted by atomic mass is 32.1. The van der Waals surface area contributed by atoms with E-state index < -0.39 is 0 Å². The van der Waals surface area contributed by atoms with Crippen LogP contribution in [0, 0.1) is 0 Å². The average molecular weight is 545 g/mol. The molecule has 0 radical (unpaired) electrons. The number of nitrogens with one attached hydrogen (secondary N) is 1. The van der Waals surface area contributed by atoms with Crippen LogP contribution in [0.25, 0.3) is 22.2 Å². The predicted molar refractivity (Wildman–Crippen MR) is 156 cm³/mol. The van der Waals surface area contributed by atoms with Crippen molar-refractivity contribution >= 4 is 28.0 Å². The number of rotatable bonds is 9. The van der Waals surface area contributed by atoms with Crippen molar-refractivity contribution in [3.8, 4) is 22.8 Å². The van der Waals surface area contributed by atoms with Crippen LogP contribution in [-0.4, -0.2) is 72.2 Å². The molecule has 2 aromatic heterocycles. The molecule has 1 atom stereocenters. The van der Waals surface area contributed by atoms with Gasteiger partial charge in [0.15, 0.2) is 17.3 Å². The fourth-order valence-electron chi connectivity index (χ4n) is 5.91. The number of thiophene rings is 1. The molecular weight excluding hydrogens is 508 g/mol. The summed E-state index contributed by atoms with van der Waals surface area (Å²) in [5, 5.41) is 13.0. The molecule has 8 heteroatoms. The van der Waals surface area contributed by atoms with Gasteiger partial charge in [0, 0.05) is 30.5 Å². The second-order valence-corrected chi connectivity index (χ2v) is 11.6. The third-order valence-corrected chi connectivity index (χ3v) is 8.77. The highest BCUT2D eigenvalue weighted by Gasteiger charge is 2.30. The smallest absolute Gasteiger partial charge is 0.161 e. The summed E-state index contributed by atoms with van der Waals surface area (Å²) in [4.78, 5) is 18.3. The minimum atomic E-state index is -0.167. The molecule has 204 valence electrons. The molecule has 2 aliphatic rings. The van der Waals surface area contributed by atoms with Crippen molar-refractivity contribution in [1.82, 2.24) is 20.0 Å². The summed E-state index contributed by atoms with van der Waals surface area (Å²) in [7, 11) is 3.83. The Kier molecular flexibility index (Phi) is 7.68. The van der Waals surface area contributed by atoms with Crippen molar-refractivity contribution < 1.29 is 14.3 Å². The zero-order valence-electron chi connectivity index (χ0n) is 22.7. The average Bonchev–Trinajstić information content (AvgIpc) is 3.74. The van der Waals surface area contributed by atoms with Crippen LogP contribution >= 0.6 is 11.3 Å². The van der Waals surface area contributed by atoms with Crippen LogP contribution in [0.3, 0.4) is 0 Å². The first-order valence-electron chi connectivity index (χ1n) is 13.9. The number of nitrogens with zero attached hydrogens (tertiary/aromatic N) is 3. The van der Waals surface area contributed by atoms with Gasteiger partial charge in [0.05, 0.1) is 18.7 Å². The van der Waals surface area contributed by atoms with Crippen LogP contribution in [0.1, 0.15) is 42.9 Å². The van der Waals surface area contributed by atoms with Crippen molar-refractivity contribution in [1.29, 1.82) is 0 Å². The molecule has 7 nitrogen and oxygen atoms in total. The molecule has 2 saturated heterocycles. The number of carbonyl (C=O) groups is 1. The van der Waals surface area contributed by atoms with Gasteiger partial charge in [-0.3, -0.25) is 14.8 Å². The molecule has 0 saturated carbocycles. The number of benzene rings is 2. The van der Waals surface area contributed by atoms with Gasteiger partial charge in [0.1, 0.15) is 11.8 Å². The van der Waals surface area contributed by atoms with Crippen LogP contribution in [0.2, 0.25) is 0 Å². The van der Waals surface area contributed by atoms with Gasteiger partial charge < -0.3 is 14.4 Å². The van der Waals surface area contributed by atoms with E-state index in [0.29, 0.717) is 12.2 Å². The molecule has 1 N–H and O–H groups in total. The zero-order valence-corrected chi connectivity index (χ0v) is 23.5. The van der Waals surface area contributed by atoms with E-state index in [1.165, 1.54) is 0 Å². The Labute approximate surface area is 233 Å². The Morgan fingerprint density at radius 3 is 2.64 bits per heavy atom. The van der Waals surface area contributed by atoms with Crippen molar-refractivity contribution in [2.45, 2.75) is 44.2 Å². The number of ether oxygens (including phenoxy) is 2. The Morgan fingerprint density at radius 2 is 1.90 bits per heavy atom. The van der Waals surface area contributed by atoms with Gasteiger partial charge in [0.25, 0.3) is 0 Å². The lowest BCUT2D eigenvalue weighted by Crippen LogP contribution is -2.35. The van der Waals surface area contributed by atoms with Crippen molar-refractivity contribution in [2.24, 2.45) is 0 Å². The van der Waals surface area contributed by atoms with Crippen LogP contribution < -0.4 is 9.47 Å². The molecule has 39 heavy (non-hydrogen) atoms. The van der Waals surface area contributed by atoms with E-state index >= 15 is 0 Å². The Balaban J connectivity index is 1.24. The number of aromatic amines is 1. The maximum absolute atomic E-state index is 13.6. The van der Waals surface area contributed by atoms with Gasteiger partial charge in [-0.15, -0.1) is 0 Å². The van der Waals surface area contributed by atoms with Crippen molar-refractivity contribution in [3.05, 3.63) is 64.4 Å². The molecule has 4 aromatic rings. The SMILES string of the molecule is COc1cc(-c2n[nH]c3ccc(CC(=O)C(c4ccsc4)N4CCCC4)cc23)ccc1OC1CCN(C)CC1. The monoisotopic (exact) mass is 544 g/mol. The number of H-pyrrole nitrogens is 1. The summed E-state index contributed by atoms with van der Waals surface area (Å²) in [5.41, 5.74) is 4.86. The summed E-state index contributed by atoms with van der Waals surface area (Å²) in [5.74, 6) is 1.72. The normalized spacial score (nSPS) is 18.0. The van der Waals surface area contributed by atoms with E-state index in [0.717, 1.165) is 90.9 Å². The number of fused-ring (bicyclic) bond motifs is 1. The lowest BCUT2D eigenvalue weighted by molar-refractivity contribution is -0.123. The highest BCUT2D eigenvalue weighted by molar-refractivity contribution is 7.08. The number of Topliss-reactive ketones (excluding diaryl/α,β-unsaturated/α-hetero) is 1. The van der Waals surface area contributed by atoms with Crippen LogP contribution in [0.5, 0.6) is 11.5 Å².